The van der Waals surface area contributed by atoms with Gasteiger partial charge >= 0.3 is 0 Å². The molecule has 1 rings (SSSR count). The molecule has 0 aliphatic heterocycles. The molecule has 0 aromatic rings. The quantitative estimate of drug-likeness (QED) is 0.687. The van der Waals surface area contributed by atoms with E-state index in [-0.39, 0.29) is 0 Å². The van der Waals surface area contributed by atoms with E-state index in [1.54, 1.807) is 0 Å². The minimum atomic E-state index is 0.421. The van der Waals surface area contributed by atoms with Crippen LogP contribution in [-0.2, 0) is 0 Å². The zero-order valence-corrected chi connectivity index (χ0v) is 12.4. The van der Waals surface area contributed by atoms with Gasteiger partial charge in [0.1, 0.15) is 0 Å². The van der Waals surface area contributed by atoms with E-state index in [1.807, 2.05) is 0 Å². The van der Waals surface area contributed by atoms with E-state index in [1.165, 1.54) is 58.0 Å². The van der Waals surface area contributed by atoms with Crippen LogP contribution in [0.4, 0.5) is 0 Å². The number of hydrogen-bond acceptors (Lipinski definition) is 2. The molecule has 1 aliphatic carbocycles. The second-order valence-corrected chi connectivity index (χ2v) is 6.20. The Morgan fingerprint density at radius 1 is 1.29 bits per heavy atom. The third-order valence-corrected chi connectivity index (χ3v) is 4.43. The van der Waals surface area contributed by atoms with Crippen LogP contribution in [0.15, 0.2) is 0 Å². The molecule has 2 unspecified atom stereocenters. The summed E-state index contributed by atoms with van der Waals surface area (Å²) in [5.74, 6) is 0.892. The second kappa shape index (κ2) is 7.38. The third-order valence-electron chi connectivity index (χ3n) is 4.43. The van der Waals surface area contributed by atoms with Crippen LogP contribution in [0.2, 0.25) is 0 Å². The standard InChI is InChI=1S/C15H32N2/c1-5-6-7-11-16-13-15(17(3)4)10-8-9-14(2)12-15/h14,16H,5-13H2,1-4H3. The second-order valence-electron chi connectivity index (χ2n) is 6.20. The van der Waals surface area contributed by atoms with Crippen LogP contribution in [0, 0.1) is 5.92 Å². The average molecular weight is 240 g/mol. The van der Waals surface area contributed by atoms with E-state index in [0.717, 1.165) is 5.92 Å². The Morgan fingerprint density at radius 3 is 2.65 bits per heavy atom. The van der Waals surface area contributed by atoms with Gasteiger partial charge in [0.2, 0.25) is 0 Å². The highest BCUT2D eigenvalue weighted by molar-refractivity contribution is 4.94. The van der Waals surface area contributed by atoms with Crippen LogP contribution in [0.5, 0.6) is 0 Å². The van der Waals surface area contributed by atoms with Crippen molar-refractivity contribution in [2.75, 3.05) is 27.2 Å². The van der Waals surface area contributed by atoms with Crippen LogP contribution in [0.3, 0.4) is 0 Å². The van der Waals surface area contributed by atoms with E-state index in [9.17, 15) is 0 Å². The fraction of sp³-hybridized carbons (Fsp3) is 1.00. The van der Waals surface area contributed by atoms with Crippen molar-refractivity contribution in [1.29, 1.82) is 0 Å². The van der Waals surface area contributed by atoms with Gasteiger partial charge in [-0.3, -0.25) is 0 Å². The van der Waals surface area contributed by atoms with Gasteiger partial charge in [0.05, 0.1) is 0 Å². The first-order chi connectivity index (χ1) is 8.10. The van der Waals surface area contributed by atoms with Crippen molar-refractivity contribution in [3.63, 3.8) is 0 Å². The maximum atomic E-state index is 3.69. The normalized spacial score (nSPS) is 29.8. The van der Waals surface area contributed by atoms with Crippen LogP contribution >= 0.6 is 0 Å². The summed E-state index contributed by atoms with van der Waals surface area (Å²) in [5, 5.41) is 3.69. The Labute approximate surface area is 108 Å². The van der Waals surface area contributed by atoms with Gasteiger partial charge in [-0.05, 0) is 45.8 Å². The topological polar surface area (TPSA) is 15.3 Å². The molecule has 0 saturated heterocycles. The van der Waals surface area contributed by atoms with Crippen LogP contribution in [0.25, 0.3) is 0 Å². The lowest BCUT2D eigenvalue weighted by atomic mass is 9.75. The van der Waals surface area contributed by atoms with E-state index in [4.69, 9.17) is 0 Å². The molecule has 0 aromatic carbocycles. The molecule has 17 heavy (non-hydrogen) atoms. The lowest BCUT2D eigenvalue weighted by molar-refractivity contribution is 0.0753. The molecule has 0 heterocycles. The monoisotopic (exact) mass is 240 g/mol. The molecule has 0 radical (unpaired) electrons. The van der Waals surface area contributed by atoms with E-state index < -0.39 is 0 Å². The average Bonchev–Trinajstić information content (AvgIpc) is 2.28. The van der Waals surface area contributed by atoms with E-state index in [2.05, 4.69) is 38.2 Å². The zero-order valence-electron chi connectivity index (χ0n) is 12.4. The summed E-state index contributed by atoms with van der Waals surface area (Å²) in [4.78, 5) is 2.47. The van der Waals surface area contributed by atoms with Crippen LogP contribution < -0.4 is 5.32 Å². The van der Waals surface area contributed by atoms with Crippen molar-refractivity contribution in [3.05, 3.63) is 0 Å². The number of nitrogens with one attached hydrogen (secondary N) is 1. The SMILES string of the molecule is CCCCCNCC1(N(C)C)CCCC(C)C1. The van der Waals surface area contributed by atoms with Gasteiger partial charge in [-0.2, -0.15) is 0 Å². The van der Waals surface area contributed by atoms with E-state index >= 15 is 0 Å². The molecule has 102 valence electrons. The predicted octanol–water partition coefficient (Wildman–Crippen LogP) is 3.28. The fourth-order valence-electron chi connectivity index (χ4n) is 3.18. The largest absolute Gasteiger partial charge is 0.315 e. The van der Waals surface area contributed by atoms with Crippen molar-refractivity contribution in [3.8, 4) is 0 Å². The highest BCUT2D eigenvalue weighted by Crippen LogP contribution is 2.35. The minimum absolute atomic E-state index is 0.421. The van der Waals surface area contributed by atoms with Crippen molar-refractivity contribution in [2.24, 2.45) is 5.92 Å². The molecule has 0 amide bonds. The molecule has 0 bridgehead atoms. The maximum Gasteiger partial charge on any atom is 0.0330 e. The first kappa shape index (κ1) is 15.0. The van der Waals surface area contributed by atoms with Gasteiger partial charge in [-0.15, -0.1) is 0 Å². The van der Waals surface area contributed by atoms with Gasteiger partial charge in [0.25, 0.3) is 0 Å². The molecule has 1 fully saturated rings. The zero-order chi connectivity index (χ0) is 12.7. The Balaban J connectivity index is 2.37. The third kappa shape index (κ3) is 4.59. The fourth-order valence-corrected chi connectivity index (χ4v) is 3.18. The Kier molecular flexibility index (Phi) is 6.50. The molecular weight excluding hydrogens is 208 g/mol. The van der Waals surface area contributed by atoms with Crippen LogP contribution in [0.1, 0.15) is 58.8 Å². The molecule has 2 heteroatoms. The van der Waals surface area contributed by atoms with Gasteiger partial charge in [-0.25, -0.2) is 0 Å². The highest BCUT2D eigenvalue weighted by atomic mass is 15.2. The first-order valence-electron chi connectivity index (χ1n) is 7.49. The van der Waals surface area contributed by atoms with Gasteiger partial charge in [0.15, 0.2) is 0 Å². The minimum Gasteiger partial charge on any atom is -0.315 e. The summed E-state index contributed by atoms with van der Waals surface area (Å²) >= 11 is 0. The number of likely N-dealkylation sites (N-methyl/N-ethyl adjacent to an activating group) is 1. The van der Waals surface area contributed by atoms with Crippen LogP contribution in [-0.4, -0.2) is 37.6 Å². The Hall–Kier alpha value is -0.0800. The summed E-state index contributed by atoms with van der Waals surface area (Å²) in [6.45, 7) is 7.05. The molecule has 2 nitrogen and oxygen atoms in total. The highest BCUT2D eigenvalue weighted by Gasteiger charge is 2.36. The smallest absolute Gasteiger partial charge is 0.0330 e. The van der Waals surface area contributed by atoms with Crippen molar-refractivity contribution in [1.82, 2.24) is 10.2 Å². The summed E-state index contributed by atoms with van der Waals surface area (Å²) in [7, 11) is 4.51. The molecule has 1 saturated carbocycles. The molecule has 2 atom stereocenters. The lowest BCUT2D eigenvalue weighted by Gasteiger charge is -2.45. The van der Waals surface area contributed by atoms with Gasteiger partial charge < -0.3 is 10.2 Å². The maximum absolute atomic E-state index is 3.69. The number of hydrogen-bond donors (Lipinski definition) is 1. The summed E-state index contributed by atoms with van der Waals surface area (Å²) in [5.41, 5.74) is 0.421. The number of nitrogens with zero attached hydrogens (tertiary/aromatic N) is 1. The van der Waals surface area contributed by atoms with Crippen molar-refractivity contribution >= 4 is 0 Å². The molecule has 1 N–H and O–H groups in total. The Bertz CT molecular complexity index is 203. The van der Waals surface area contributed by atoms with Gasteiger partial charge in [-0.1, -0.05) is 39.5 Å². The Morgan fingerprint density at radius 2 is 2.06 bits per heavy atom. The molecular formula is C15H32N2. The molecule has 0 spiro atoms. The summed E-state index contributed by atoms with van der Waals surface area (Å²) in [6, 6.07) is 0. The molecule has 1 aliphatic rings. The number of unbranched alkanes of at least 4 members (excludes halogenated alkanes) is 2. The van der Waals surface area contributed by atoms with Crippen molar-refractivity contribution < 1.29 is 0 Å². The van der Waals surface area contributed by atoms with Gasteiger partial charge in [0, 0.05) is 12.1 Å². The van der Waals surface area contributed by atoms with Crippen molar-refractivity contribution in [2.45, 2.75) is 64.3 Å². The van der Waals surface area contributed by atoms with E-state index in [0.29, 0.717) is 5.54 Å². The number of rotatable bonds is 7. The summed E-state index contributed by atoms with van der Waals surface area (Å²) < 4.78 is 0. The summed E-state index contributed by atoms with van der Waals surface area (Å²) in [6.07, 6.45) is 9.55. The molecule has 0 aromatic heterocycles. The lowest BCUT2D eigenvalue weighted by Crippen LogP contribution is -2.54. The predicted molar refractivity (Wildman–Crippen MR) is 76.4 cm³/mol. The first-order valence-corrected chi connectivity index (χ1v) is 7.49.